The maximum atomic E-state index is 14.4. The van der Waals surface area contributed by atoms with Crippen molar-refractivity contribution >= 4 is 51.2 Å². The Hall–Kier alpha value is -2.43. The SMILES string of the molecule is Cc1ncc(F)c(C)c1NC(=O)/C(F)=C/c1ccc2c(I)[nH]nc2c1F. The van der Waals surface area contributed by atoms with Crippen LogP contribution in [0.15, 0.2) is 24.2 Å². The number of carbonyl (C=O) groups is 1. The van der Waals surface area contributed by atoms with Crippen molar-refractivity contribution < 1.29 is 18.0 Å². The number of pyridine rings is 1. The van der Waals surface area contributed by atoms with Crippen molar-refractivity contribution in [3.63, 3.8) is 0 Å². The molecule has 0 aliphatic heterocycles. The van der Waals surface area contributed by atoms with E-state index in [2.05, 4.69) is 20.5 Å². The van der Waals surface area contributed by atoms with E-state index in [1.54, 1.807) is 13.0 Å². The van der Waals surface area contributed by atoms with Gasteiger partial charge in [-0.3, -0.25) is 14.9 Å². The first kappa shape index (κ1) is 18.4. The average Bonchev–Trinajstić information content (AvgIpc) is 2.99. The molecule has 0 saturated heterocycles. The zero-order valence-electron chi connectivity index (χ0n) is 13.6. The third-order valence-electron chi connectivity index (χ3n) is 3.85. The average molecular weight is 472 g/mol. The predicted octanol–water partition coefficient (Wildman–Crippen LogP) is 4.41. The van der Waals surface area contributed by atoms with Gasteiger partial charge in [-0.05, 0) is 48.6 Å². The number of nitrogens with zero attached hydrogens (tertiary/aromatic N) is 2. The highest BCUT2D eigenvalue weighted by Crippen LogP contribution is 2.25. The van der Waals surface area contributed by atoms with Crippen LogP contribution in [0, 0.1) is 29.2 Å². The minimum atomic E-state index is -1.23. The first-order chi connectivity index (χ1) is 12.3. The second-order valence-corrected chi connectivity index (χ2v) is 6.62. The third-order valence-corrected chi connectivity index (χ3v) is 4.67. The number of aryl methyl sites for hydroxylation is 1. The summed E-state index contributed by atoms with van der Waals surface area (Å²) in [6, 6.07) is 2.92. The molecule has 26 heavy (non-hydrogen) atoms. The van der Waals surface area contributed by atoms with E-state index in [1.807, 2.05) is 22.6 Å². The zero-order chi connectivity index (χ0) is 19.0. The van der Waals surface area contributed by atoms with Crippen molar-refractivity contribution in [2.24, 2.45) is 0 Å². The number of aromatic amines is 1. The molecule has 2 heterocycles. The smallest absolute Gasteiger partial charge is 0.284 e. The summed E-state index contributed by atoms with van der Waals surface area (Å²) in [5.74, 6) is -3.72. The molecule has 0 bridgehead atoms. The van der Waals surface area contributed by atoms with Gasteiger partial charge in [0.15, 0.2) is 11.6 Å². The molecular formula is C17H12F3IN4O. The zero-order valence-corrected chi connectivity index (χ0v) is 15.8. The van der Waals surface area contributed by atoms with E-state index >= 15 is 0 Å². The number of fused-ring (bicyclic) bond motifs is 1. The Morgan fingerprint density at radius 2 is 2.04 bits per heavy atom. The number of rotatable bonds is 3. The predicted molar refractivity (Wildman–Crippen MR) is 100 cm³/mol. The lowest BCUT2D eigenvalue weighted by Crippen LogP contribution is -2.15. The van der Waals surface area contributed by atoms with Crippen molar-refractivity contribution in [2.45, 2.75) is 13.8 Å². The summed E-state index contributed by atoms with van der Waals surface area (Å²) in [5.41, 5.74) is 0.480. The van der Waals surface area contributed by atoms with E-state index in [4.69, 9.17) is 0 Å². The van der Waals surface area contributed by atoms with Gasteiger partial charge in [0.2, 0.25) is 0 Å². The number of hydrogen-bond acceptors (Lipinski definition) is 3. The van der Waals surface area contributed by atoms with Gasteiger partial charge >= 0.3 is 0 Å². The van der Waals surface area contributed by atoms with Gasteiger partial charge in [-0.25, -0.2) is 13.2 Å². The Morgan fingerprint density at radius 1 is 1.31 bits per heavy atom. The number of benzene rings is 1. The lowest BCUT2D eigenvalue weighted by molar-refractivity contribution is -0.114. The highest BCUT2D eigenvalue weighted by Gasteiger charge is 2.17. The number of anilines is 1. The maximum absolute atomic E-state index is 14.4. The topological polar surface area (TPSA) is 70.7 Å². The highest BCUT2D eigenvalue weighted by atomic mass is 127. The molecule has 1 amide bonds. The number of hydrogen-bond donors (Lipinski definition) is 2. The summed E-state index contributed by atoms with van der Waals surface area (Å²) >= 11 is 1.96. The molecule has 0 atom stereocenters. The molecule has 2 aromatic heterocycles. The summed E-state index contributed by atoms with van der Waals surface area (Å²) < 4.78 is 42.9. The summed E-state index contributed by atoms with van der Waals surface area (Å²) in [6.07, 6.45) is 1.78. The van der Waals surface area contributed by atoms with E-state index in [9.17, 15) is 18.0 Å². The Morgan fingerprint density at radius 3 is 2.77 bits per heavy atom. The Labute approximate surface area is 159 Å². The Kier molecular flexibility index (Phi) is 4.99. The monoisotopic (exact) mass is 472 g/mol. The van der Waals surface area contributed by atoms with E-state index in [-0.39, 0.29) is 22.3 Å². The molecule has 0 saturated carbocycles. The van der Waals surface area contributed by atoms with Gasteiger partial charge in [0, 0.05) is 16.5 Å². The molecule has 3 aromatic rings. The normalized spacial score (nSPS) is 11.8. The van der Waals surface area contributed by atoms with Crippen molar-refractivity contribution in [1.82, 2.24) is 15.2 Å². The van der Waals surface area contributed by atoms with Crippen LogP contribution in [0.25, 0.3) is 17.0 Å². The maximum Gasteiger partial charge on any atom is 0.284 e. The molecule has 0 radical (unpaired) electrons. The largest absolute Gasteiger partial charge is 0.318 e. The van der Waals surface area contributed by atoms with Crippen molar-refractivity contribution in [1.29, 1.82) is 0 Å². The summed E-state index contributed by atoms with van der Waals surface area (Å²) in [7, 11) is 0. The second kappa shape index (κ2) is 7.06. The minimum Gasteiger partial charge on any atom is -0.318 e. The van der Waals surface area contributed by atoms with Crippen LogP contribution in [0.3, 0.4) is 0 Å². The van der Waals surface area contributed by atoms with Crippen molar-refractivity contribution in [2.75, 3.05) is 5.32 Å². The van der Waals surface area contributed by atoms with Gasteiger partial charge < -0.3 is 5.32 Å². The number of amides is 1. The van der Waals surface area contributed by atoms with Crippen LogP contribution in [0.2, 0.25) is 0 Å². The molecule has 0 unspecified atom stereocenters. The van der Waals surface area contributed by atoms with Gasteiger partial charge in [-0.1, -0.05) is 6.07 Å². The number of halogens is 4. The lowest BCUT2D eigenvalue weighted by atomic mass is 10.1. The molecule has 2 N–H and O–H groups in total. The van der Waals surface area contributed by atoms with E-state index in [1.165, 1.54) is 13.0 Å². The first-order valence-electron chi connectivity index (χ1n) is 7.42. The van der Waals surface area contributed by atoms with Crippen LogP contribution in [-0.2, 0) is 4.79 Å². The van der Waals surface area contributed by atoms with Gasteiger partial charge in [0.25, 0.3) is 5.91 Å². The van der Waals surface area contributed by atoms with Gasteiger partial charge in [-0.15, -0.1) is 0 Å². The fraction of sp³-hybridized carbons (Fsp3) is 0.118. The lowest BCUT2D eigenvalue weighted by Gasteiger charge is -2.10. The van der Waals surface area contributed by atoms with Gasteiger partial charge in [0.05, 0.1) is 17.6 Å². The van der Waals surface area contributed by atoms with Gasteiger partial charge in [-0.2, -0.15) is 5.10 Å². The van der Waals surface area contributed by atoms with Crippen LogP contribution in [0.5, 0.6) is 0 Å². The Bertz CT molecular complexity index is 1060. The van der Waals surface area contributed by atoms with Crippen LogP contribution in [0.4, 0.5) is 18.9 Å². The number of aromatic nitrogens is 3. The fourth-order valence-corrected chi connectivity index (χ4v) is 2.96. The van der Waals surface area contributed by atoms with E-state index < -0.39 is 23.4 Å². The van der Waals surface area contributed by atoms with Crippen LogP contribution < -0.4 is 5.32 Å². The molecular weight excluding hydrogens is 460 g/mol. The number of H-pyrrole nitrogens is 1. The molecule has 3 rings (SSSR count). The highest BCUT2D eigenvalue weighted by molar-refractivity contribution is 14.1. The summed E-state index contributed by atoms with van der Waals surface area (Å²) in [4.78, 5) is 15.8. The van der Waals surface area contributed by atoms with E-state index in [0.29, 0.717) is 14.8 Å². The molecule has 1 aromatic carbocycles. The van der Waals surface area contributed by atoms with Crippen LogP contribution >= 0.6 is 22.6 Å². The first-order valence-corrected chi connectivity index (χ1v) is 8.49. The summed E-state index contributed by atoms with van der Waals surface area (Å²) in [6.45, 7) is 2.99. The quantitative estimate of drug-likeness (QED) is 0.439. The molecule has 134 valence electrons. The molecule has 0 aliphatic carbocycles. The number of carbonyl (C=O) groups excluding carboxylic acids is 1. The molecule has 0 spiro atoms. The molecule has 9 heteroatoms. The van der Waals surface area contributed by atoms with Crippen LogP contribution in [0.1, 0.15) is 16.8 Å². The van der Waals surface area contributed by atoms with E-state index in [0.717, 1.165) is 12.3 Å². The standard InChI is InChI=1S/C17H12F3IN4O/c1-7-12(19)6-22-8(2)14(7)23-17(26)11(18)5-9-3-4-10-15(13(9)20)24-25-16(10)21/h3-6H,1-2H3,(H,23,26)(H,24,25)/b11-5-. The third kappa shape index (κ3) is 3.30. The minimum absolute atomic E-state index is 0.0531. The van der Waals surface area contributed by atoms with Gasteiger partial charge in [0.1, 0.15) is 15.0 Å². The molecule has 5 nitrogen and oxygen atoms in total. The van der Waals surface area contributed by atoms with Crippen molar-refractivity contribution in [3.05, 3.63) is 56.3 Å². The Balaban J connectivity index is 1.92. The van der Waals surface area contributed by atoms with Crippen molar-refractivity contribution in [3.8, 4) is 0 Å². The fourth-order valence-electron chi connectivity index (χ4n) is 2.41. The molecule has 0 aliphatic rings. The summed E-state index contributed by atoms with van der Waals surface area (Å²) in [5, 5.41) is 9.28. The second-order valence-electron chi connectivity index (χ2n) is 5.54. The molecule has 0 fully saturated rings. The van der Waals surface area contributed by atoms with Crippen LogP contribution in [-0.4, -0.2) is 21.1 Å². The number of nitrogens with one attached hydrogen (secondary N) is 2.